The largest absolute Gasteiger partial charge is 0.352 e. The maximum atomic E-state index is 11.9. The molecule has 0 aliphatic carbocycles. The Kier molecular flexibility index (Phi) is 4.74. The van der Waals surface area contributed by atoms with Gasteiger partial charge in [-0.05, 0) is 36.6 Å². The lowest BCUT2D eigenvalue weighted by molar-refractivity contribution is 0.0953. The Morgan fingerprint density at radius 1 is 1.47 bits per heavy atom. The van der Waals surface area contributed by atoms with E-state index in [1.807, 2.05) is 37.6 Å². The summed E-state index contributed by atoms with van der Waals surface area (Å²) >= 11 is 3.36. The summed E-state index contributed by atoms with van der Waals surface area (Å²) < 4.78 is 2.70. The van der Waals surface area contributed by atoms with Crippen molar-refractivity contribution in [1.29, 1.82) is 0 Å². The summed E-state index contributed by atoms with van der Waals surface area (Å²) in [6, 6.07) is 7.38. The Labute approximate surface area is 120 Å². The minimum Gasteiger partial charge on any atom is -0.352 e. The van der Waals surface area contributed by atoms with Gasteiger partial charge < -0.3 is 5.32 Å². The molecule has 5 heteroatoms. The van der Waals surface area contributed by atoms with Gasteiger partial charge in [0.1, 0.15) is 0 Å². The van der Waals surface area contributed by atoms with Gasteiger partial charge >= 0.3 is 0 Å². The van der Waals surface area contributed by atoms with Crippen LogP contribution in [0, 0.1) is 0 Å². The van der Waals surface area contributed by atoms with E-state index in [0.29, 0.717) is 12.1 Å². The van der Waals surface area contributed by atoms with E-state index in [9.17, 15) is 4.79 Å². The van der Waals surface area contributed by atoms with Gasteiger partial charge in [-0.1, -0.05) is 22.0 Å². The summed E-state index contributed by atoms with van der Waals surface area (Å²) in [4.78, 5) is 11.9. The number of halogens is 1. The minimum absolute atomic E-state index is 0.0347. The molecule has 1 aromatic carbocycles. The van der Waals surface area contributed by atoms with E-state index in [2.05, 4.69) is 26.3 Å². The molecule has 0 aliphatic heterocycles. The third-order valence-electron chi connectivity index (χ3n) is 2.77. The summed E-state index contributed by atoms with van der Waals surface area (Å²) in [5.41, 5.74) is 1.87. The van der Waals surface area contributed by atoms with E-state index in [1.54, 1.807) is 10.7 Å². The van der Waals surface area contributed by atoms with Crippen LogP contribution < -0.4 is 5.32 Å². The molecule has 2 aromatic rings. The van der Waals surface area contributed by atoms with E-state index < -0.39 is 0 Å². The van der Waals surface area contributed by atoms with E-state index in [1.165, 1.54) is 5.56 Å². The molecule has 0 saturated carbocycles. The highest BCUT2D eigenvalue weighted by molar-refractivity contribution is 9.10. The van der Waals surface area contributed by atoms with Crippen LogP contribution in [0.4, 0.5) is 0 Å². The normalized spacial score (nSPS) is 10.4. The zero-order valence-electron chi connectivity index (χ0n) is 10.8. The van der Waals surface area contributed by atoms with Crippen LogP contribution in [0.3, 0.4) is 0 Å². The molecule has 1 amide bonds. The van der Waals surface area contributed by atoms with Crippen LogP contribution in [-0.4, -0.2) is 22.2 Å². The number of aromatic nitrogens is 2. The number of rotatable bonds is 5. The second-order valence-corrected chi connectivity index (χ2v) is 5.31. The highest BCUT2D eigenvalue weighted by Crippen LogP contribution is 2.11. The lowest BCUT2D eigenvalue weighted by Gasteiger charge is -2.05. The predicted molar refractivity (Wildman–Crippen MR) is 78.0 cm³/mol. The molecule has 0 spiro atoms. The van der Waals surface area contributed by atoms with Gasteiger partial charge in [-0.15, -0.1) is 0 Å². The first-order valence-corrected chi connectivity index (χ1v) is 6.96. The van der Waals surface area contributed by atoms with Gasteiger partial charge in [0, 0.05) is 29.8 Å². The third-order valence-corrected chi connectivity index (χ3v) is 3.27. The summed E-state index contributed by atoms with van der Waals surface area (Å²) in [6.45, 7) is 0.667. The fourth-order valence-electron chi connectivity index (χ4n) is 1.83. The molecule has 0 saturated heterocycles. The number of benzene rings is 1. The Morgan fingerprint density at radius 3 is 3.00 bits per heavy atom. The lowest BCUT2D eigenvalue weighted by atomic mass is 10.2. The van der Waals surface area contributed by atoms with Gasteiger partial charge in [-0.25, -0.2) is 0 Å². The maximum absolute atomic E-state index is 11.9. The minimum atomic E-state index is -0.0347. The van der Waals surface area contributed by atoms with Gasteiger partial charge in [0.05, 0.1) is 6.20 Å². The van der Waals surface area contributed by atoms with Crippen LogP contribution >= 0.6 is 15.9 Å². The number of hydrogen-bond acceptors (Lipinski definition) is 2. The van der Waals surface area contributed by atoms with Gasteiger partial charge in [-0.3, -0.25) is 9.48 Å². The van der Waals surface area contributed by atoms with E-state index >= 15 is 0 Å². The van der Waals surface area contributed by atoms with Crippen molar-refractivity contribution in [2.45, 2.75) is 12.8 Å². The summed E-state index contributed by atoms with van der Waals surface area (Å²) in [5.74, 6) is -0.0347. The second kappa shape index (κ2) is 6.52. The zero-order valence-corrected chi connectivity index (χ0v) is 12.4. The molecule has 2 rings (SSSR count). The summed E-state index contributed by atoms with van der Waals surface area (Å²) in [7, 11) is 1.90. The number of carbonyl (C=O) groups is 1. The van der Waals surface area contributed by atoms with Crippen molar-refractivity contribution in [2.24, 2.45) is 7.05 Å². The number of carbonyl (C=O) groups excluding carboxylic acids is 1. The van der Waals surface area contributed by atoms with Crippen LogP contribution in [-0.2, 0) is 13.5 Å². The fourth-order valence-corrected chi connectivity index (χ4v) is 2.23. The Bertz CT molecular complexity index is 565. The number of nitrogens with one attached hydrogen (secondary N) is 1. The molecule has 1 N–H and O–H groups in total. The monoisotopic (exact) mass is 321 g/mol. The van der Waals surface area contributed by atoms with Gasteiger partial charge in [0.15, 0.2) is 0 Å². The first-order valence-electron chi connectivity index (χ1n) is 6.16. The van der Waals surface area contributed by atoms with Gasteiger partial charge in [0.2, 0.25) is 0 Å². The van der Waals surface area contributed by atoms with Crippen LogP contribution in [0.1, 0.15) is 22.3 Å². The standard InChI is InChI=1S/C14H16BrN3O/c1-18-10-11(9-17-18)4-3-7-16-14(19)12-5-2-6-13(15)8-12/h2,5-6,8-10H,3-4,7H2,1H3,(H,16,19). The van der Waals surface area contributed by atoms with Crippen molar-refractivity contribution < 1.29 is 4.79 Å². The predicted octanol–water partition coefficient (Wildman–Crippen LogP) is 2.55. The highest BCUT2D eigenvalue weighted by atomic mass is 79.9. The van der Waals surface area contributed by atoms with Crippen LogP contribution in [0.5, 0.6) is 0 Å². The summed E-state index contributed by atoms with van der Waals surface area (Å²) in [6.07, 6.45) is 5.68. The van der Waals surface area contributed by atoms with Crippen molar-refractivity contribution in [3.63, 3.8) is 0 Å². The average Bonchev–Trinajstić information content (AvgIpc) is 2.80. The van der Waals surface area contributed by atoms with Crippen molar-refractivity contribution in [3.05, 3.63) is 52.3 Å². The van der Waals surface area contributed by atoms with E-state index in [4.69, 9.17) is 0 Å². The Balaban J connectivity index is 1.75. The molecule has 0 unspecified atom stereocenters. The van der Waals surface area contributed by atoms with Gasteiger partial charge in [0.25, 0.3) is 5.91 Å². The topological polar surface area (TPSA) is 46.9 Å². The van der Waals surface area contributed by atoms with Crippen LogP contribution in [0.25, 0.3) is 0 Å². The van der Waals surface area contributed by atoms with Crippen molar-refractivity contribution in [1.82, 2.24) is 15.1 Å². The number of amides is 1. The molecule has 100 valence electrons. The second-order valence-electron chi connectivity index (χ2n) is 4.39. The molecular weight excluding hydrogens is 306 g/mol. The molecule has 0 fully saturated rings. The lowest BCUT2D eigenvalue weighted by Crippen LogP contribution is -2.24. The number of nitrogens with zero attached hydrogens (tertiary/aromatic N) is 2. The molecule has 0 radical (unpaired) electrons. The molecule has 1 aromatic heterocycles. The van der Waals surface area contributed by atoms with Crippen LogP contribution in [0.2, 0.25) is 0 Å². The quantitative estimate of drug-likeness (QED) is 0.860. The van der Waals surface area contributed by atoms with E-state index in [0.717, 1.165) is 17.3 Å². The maximum Gasteiger partial charge on any atom is 0.251 e. The molecule has 4 nitrogen and oxygen atoms in total. The smallest absolute Gasteiger partial charge is 0.251 e. The fraction of sp³-hybridized carbons (Fsp3) is 0.286. The molecule has 1 heterocycles. The third kappa shape index (κ3) is 4.21. The summed E-state index contributed by atoms with van der Waals surface area (Å²) in [5, 5.41) is 7.03. The molecule has 19 heavy (non-hydrogen) atoms. The van der Waals surface area contributed by atoms with Crippen molar-refractivity contribution >= 4 is 21.8 Å². The number of hydrogen-bond donors (Lipinski definition) is 1. The average molecular weight is 322 g/mol. The van der Waals surface area contributed by atoms with Crippen molar-refractivity contribution in [2.75, 3.05) is 6.54 Å². The number of aryl methyl sites for hydroxylation is 2. The Hall–Kier alpha value is -1.62. The SMILES string of the molecule is Cn1cc(CCCNC(=O)c2cccc(Br)c2)cn1. The molecule has 0 bridgehead atoms. The van der Waals surface area contributed by atoms with Gasteiger partial charge in [-0.2, -0.15) is 5.10 Å². The molecule has 0 aliphatic rings. The first-order chi connectivity index (χ1) is 9.15. The molecular formula is C14H16BrN3O. The molecule has 0 atom stereocenters. The van der Waals surface area contributed by atoms with Crippen LogP contribution in [0.15, 0.2) is 41.1 Å². The highest BCUT2D eigenvalue weighted by Gasteiger charge is 2.04. The van der Waals surface area contributed by atoms with Crippen molar-refractivity contribution in [3.8, 4) is 0 Å². The first kappa shape index (κ1) is 13.8. The van der Waals surface area contributed by atoms with E-state index in [-0.39, 0.29) is 5.91 Å². The Morgan fingerprint density at radius 2 is 2.32 bits per heavy atom. The zero-order chi connectivity index (χ0) is 13.7.